The van der Waals surface area contributed by atoms with Gasteiger partial charge < -0.3 is 10.2 Å². The second kappa shape index (κ2) is 7.82. The molecule has 1 aliphatic heterocycles. The lowest BCUT2D eigenvalue weighted by Crippen LogP contribution is -2.35. The average Bonchev–Trinajstić information content (AvgIpc) is 3.39. The second-order valence-electron chi connectivity index (χ2n) is 7.14. The highest BCUT2D eigenvalue weighted by atomic mass is 16.2. The van der Waals surface area contributed by atoms with Gasteiger partial charge in [-0.25, -0.2) is 0 Å². The van der Waals surface area contributed by atoms with Crippen molar-refractivity contribution in [3.8, 4) is 0 Å². The summed E-state index contributed by atoms with van der Waals surface area (Å²) in [7, 11) is 0. The molecule has 1 aromatic carbocycles. The number of hydrogen-bond acceptors (Lipinski definition) is 2. The number of nitrogens with zero attached hydrogens (tertiary/aromatic N) is 1. The Hall–Kier alpha value is -1.84. The number of rotatable bonds is 5. The molecule has 2 amide bonds. The third kappa shape index (κ3) is 4.16. The van der Waals surface area contributed by atoms with E-state index in [-0.39, 0.29) is 17.7 Å². The molecule has 1 heterocycles. The highest BCUT2D eigenvalue weighted by Gasteiger charge is 2.44. The number of hydrogen-bond donors (Lipinski definition) is 1. The summed E-state index contributed by atoms with van der Waals surface area (Å²) in [6.45, 7) is 4.32. The lowest BCUT2D eigenvalue weighted by Gasteiger charge is -2.20. The maximum atomic E-state index is 12.3. The van der Waals surface area contributed by atoms with Crippen molar-refractivity contribution in [1.82, 2.24) is 10.2 Å². The van der Waals surface area contributed by atoms with Crippen LogP contribution in [0.1, 0.15) is 55.6 Å². The Kier molecular flexibility index (Phi) is 5.54. The molecule has 1 N–H and O–H groups in total. The normalized spacial score (nSPS) is 23.5. The molecule has 0 radical (unpaired) electrons. The van der Waals surface area contributed by atoms with E-state index in [1.807, 2.05) is 17.0 Å². The molecule has 0 aromatic heterocycles. The van der Waals surface area contributed by atoms with E-state index < -0.39 is 0 Å². The molecule has 2 fully saturated rings. The SMILES string of the molecule is Cc1ccccc1[C@@H]1C[C@@H]1C(=O)NCCC(=O)N1CCCCCC1. The molecule has 24 heavy (non-hydrogen) atoms. The van der Waals surface area contributed by atoms with E-state index in [4.69, 9.17) is 0 Å². The monoisotopic (exact) mass is 328 g/mol. The van der Waals surface area contributed by atoms with Crippen molar-refractivity contribution in [2.75, 3.05) is 19.6 Å². The van der Waals surface area contributed by atoms with Crippen LogP contribution in [0, 0.1) is 12.8 Å². The van der Waals surface area contributed by atoms with E-state index in [9.17, 15) is 9.59 Å². The largest absolute Gasteiger partial charge is 0.355 e. The number of amides is 2. The Morgan fingerprint density at radius 2 is 1.83 bits per heavy atom. The van der Waals surface area contributed by atoms with Gasteiger partial charge in [0, 0.05) is 32.0 Å². The van der Waals surface area contributed by atoms with Crippen molar-refractivity contribution in [2.24, 2.45) is 5.92 Å². The van der Waals surface area contributed by atoms with Gasteiger partial charge in [-0.2, -0.15) is 0 Å². The molecule has 1 saturated carbocycles. The predicted molar refractivity (Wildman–Crippen MR) is 94.7 cm³/mol. The minimum Gasteiger partial charge on any atom is -0.355 e. The fourth-order valence-corrected chi connectivity index (χ4v) is 3.73. The number of carbonyl (C=O) groups excluding carboxylic acids is 2. The minimum atomic E-state index is 0.0828. The summed E-state index contributed by atoms with van der Waals surface area (Å²) >= 11 is 0. The molecule has 1 saturated heterocycles. The maximum absolute atomic E-state index is 12.3. The fraction of sp³-hybridized carbons (Fsp3) is 0.600. The van der Waals surface area contributed by atoms with Gasteiger partial charge in [-0.3, -0.25) is 9.59 Å². The topological polar surface area (TPSA) is 49.4 Å². The van der Waals surface area contributed by atoms with Crippen molar-refractivity contribution in [1.29, 1.82) is 0 Å². The van der Waals surface area contributed by atoms with Crippen LogP contribution in [-0.2, 0) is 9.59 Å². The van der Waals surface area contributed by atoms with Gasteiger partial charge in [0.1, 0.15) is 0 Å². The molecule has 0 bridgehead atoms. The Balaban J connectivity index is 1.40. The number of nitrogens with one attached hydrogen (secondary N) is 1. The Labute approximate surface area is 144 Å². The fourth-order valence-electron chi connectivity index (χ4n) is 3.73. The van der Waals surface area contributed by atoms with Crippen molar-refractivity contribution in [3.63, 3.8) is 0 Å². The van der Waals surface area contributed by atoms with E-state index in [2.05, 4.69) is 24.4 Å². The number of carbonyl (C=O) groups is 2. The first-order valence-corrected chi connectivity index (χ1v) is 9.28. The highest BCUT2D eigenvalue weighted by molar-refractivity contribution is 5.84. The Morgan fingerprint density at radius 3 is 2.54 bits per heavy atom. The van der Waals surface area contributed by atoms with E-state index in [1.165, 1.54) is 24.0 Å². The van der Waals surface area contributed by atoms with Crippen molar-refractivity contribution < 1.29 is 9.59 Å². The first-order valence-electron chi connectivity index (χ1n) is 9.28. The number of benzene rings is 1. The summed E-state index contributed by atoms with van der Waals surface area (Å²) in [5, 5.41) is 2.96. The molecule has 1 aromatic rings. The van der Waals surface area contributed by atoms with E-state index >= 15 is 0 Å². The van der Waals surface area contributed by atoms with Crippen LogP contribution in [-0.4, -0.2) is 36.3 Å². The molecule has 1 aliphatic carbocycles. The molecule has 4 heteroatoms. The zero-order chi connectivity index (χ0) is 16.9. The molecular weight excluding hydrogens is 300 g/mol. The average molecular weight is 328 g/mol. The molecule has 130 valence electrons. The summed E-state index contributed by atoms with van der Waals surface area (Å²) in [5.74, 6) is 0.724. The van der Waals surface area contributed by atoms with Crippen LogP contribution in [0.3, 0.4) is 0 Å². The van der Waals surface area contributed by atoms with E-state index in [0.29, 0.717) is 18.9 Å². The van der Waals surface area contributed by atoms with E-state index in [0.717, 1.165) is 32.4 Å². The summed E-state index contributed by atoms with van der Waals surface area (Å²) in [6.07, 6.45) is 6.02. The highest BCUT2D eigenvalue weighted by Crippen LogP contribution is 2.48. The predicted octanol–water partition coefficient (Wildman–Crippen LogP) is 3.01. The van der Waals surface area contributed by atoms with Gasteiger partial charge in [-0.1, -0.05) is 37.1 Å². The quantitative estimate of drug-likeness (QED) is 0.903. The number of aryl methyl sites for hydroxylation is 1. The summed E-state index contributed by atoms with van der Waals surface area (Å²) < 4.78 is 0. The van der Waals surface area contributed by atoms with Crippen molar-refractivity contribution >= 4 is 11.8 Å². The molecule has 0 unspecified atom stereocenters. The summed E-state index contributed by atoms with van der Waals surface area (Å²) in [6, 6.07) is 8.29. The van der Waals surface area contributed by atoms with Crippen LogP contribution in [0.15, 0.2) is 24.3 Å². The zero-order valence-corrected chi connectivity index (χ0v) is 14.6. The van der Waals surface area contributed by atoms with Crippen molar-refractivity contribution in [3.05, 3.63) is 35.4 Å². The molecule has 2 aliphatic rings. The van der Waals surface area contributed by atoms with Crippen LogP contribution in [0.4, 0.5) is 0 Å². The van der Waals surface area contributed by atoms with Crippen LogP contribution in [0.2, 0.25) is 0 Å². The van der Waals surface area contributed by atoms with Gasteiger partial charge in [0.2, 0.25) is 11.8 Å². The third-order valence-corrected chi connectivity index (χ3v) is 5.31. The van der Waals surface area contributed by atoms with Crippen LogP contribution in [0.25, 0.3) is 0 Å². The van der Waals surface area contributed by atoms with Gasteiger partial charge >= 0.3 is 0 Å². The molecule has 3 rings (SSSR count). The van der Waals surface area contributed by atoms with Crippen LogP contribution in [0.5, 0.6) is 0 Å². The zero-order valence-electron chi connectivity index (χ0n) is 14.6. The Morgan fingerprint density at radius 1 is 1.12 bits per heavy atom. The lowest BCUT2D eigenvalue weighted by atomic mass is 10.0. The van der Waals surface area contributed by atoms with Crippen molar-refractivity contribution in [2.45, 2.75) is 51.4 Å². The molecule has 4 nitrogen and oxygen atoms in total. The van der Waals surface area contributed by atoms with Gasteiger partial charge in [0.05, 0.1) is 0 Å². The molecule has 2 atom stereocenters. The van der Waals surface area contributed by atoms with Gasteiger partial charge in [-0.05, 0) is 43.2 Å². The van der Waals surface area contributed by atoms with Gasteiger partial charge in [0.15, 0.2) is 0 Å². The second-order valence-corrected chi connectivity index (χ2v) is 7.14. The first kappa shape index (κ1) is 17.0. The maximum Gasteiger partial charge on any atom is 0.224 e. The first-order chi connectivity index (χ1) is 11.7. The Bertz CT molecular complexity index is 591. The van der Waals surface area contributed by atoms with E-state index in [1.54, 1.807) is 0 Å². The van der Waals surface area contributed by atoms with Crippen LogP contribution >= 0.6 is 0 Å². The lowest BCUT2D eigenvalue weighted by molar-refractivity contribution is -0.131. The summed E-state index contributed by atoms with van der Waals surface area (Å²) in [5.41, 5.74) is 2.55. The standard InChI is InChI=1S/C20H28N2O2/c1-15-8-4-5-9-16(15)17-14-18(17)20(24)21-11-10-19(23)22-12-6-2-3-7-13-22/h4-5,8-9,17-18H,2-3,6-7,10-14H2,1H3,(H,21,24)/t17-,18-/m0/s1. The molecule has 0 spiro atoms. The third-order valence-electron chi connectivity index (χ3n) is 5.31. The molecular formula is C20H28N2O2. The smallest absolute Gasteiger partial charge is 0.224 e. The van der Waals surface area contributed by atoms with Crippen LogP contribution < -0.4 is 5.32 Å². The summed E-state index contributed by atoms with van der Waals surface area (Å²) in [4.78, 5) is 26.5. The van der Waals surface area contributed by atoms with Gasteiger partial charge in [0.25, 0.3) is 0 Å². The minimum absolute atomic E-state index is 0.0828. The van der Waals surface area contributed by atoms with Gasteiger partial charge in [-0.15, -0.1) is 0 Å². The number of likely N-dealkylation sites (tertiary alicyclic amines) is 1.